The van der Waals surface area contributed by atoms with Crippen LogP contribution < -0.4 is 20.3 Å². The molecule has 1 atom stereocenters. The Bertz CT molecular complexity index is 1060. The Morgan fingerprint density at radius 3 is 2.44 bits per heavy atom. The van der Waals surface area contributed by atoms with Gasteiger partial charge in [0.25, 0.3) is 0 Å². The smallest absolute Gasteiger partial charge is 0.338 e. The number of anilines is 1. The minimum Gasteiger partial charge on any atom is -0.495 e. The van der Waals surface area contributed by atoms with Crippen LogP contribution in [0.15, 0.2) is 59.8 Å². The molecule has 2 heterocycles. The minimum atomic E-state index is -0.557. The molecule has 2 N–H and O–H groups in total. The lowest BCUT2D eigenvalue weighted by molar-refractivity contribution is -0.139. The van der Waals surface area contributed by atoms with E-state index in [9.17, 15) is 9.59 Å². The van der Waals surface area contributed by atoms with E-state index in [0.717, 1.165) is 48.7 Å². The van der Waals surface area contributed by atoms with Gasteiger partial charge in [0, 0.05) is 38.4 Å². The molecular formula is C26H32N4O4. The summed E-state index contributed by atoms with van der Waals surface area (Å²) in [5.74, 6) is 0.443. The number of ether oxygens (including phenoxy) is 2. The highest BCUT2D eigenvalue weighted by molar-refractivity contribution is 5.95. The van der Waals surface area contributed by atoms with E-state index in [0.29, 0.717) is 17.8 Å². The van der Waals surface area contributed by atoms with Crippen molar-refractivity contribution in [2.75, 3.05) is 51.3 Å². The number of para-hydroxylation sites is 2. The number of hydrogen-bond acceptors (Lipinski definition) is 6. The van der Waals surface area contributed by atoms with E-state index in [1.165, 1.54) is 0 Å². The number of piperazine rings is 1. The second-order valence-corrected chi connectivity index (χ2v) is 8.49. The molecule has 34 heavy (non-hydrogen) atoms. The van der Waals surface area contributed by atoms with Gasteiger partial charge in [-0.1, -0.05) is 42.0 Å². The summed E-state index contributed by atoms with van der Waals surface area (Å²) in [7, 11) is 1.68. The molecule has 0 radical (unpaired) electrons. The van der Waals surface area contributed by atoms with Crippen LogP contribution in [-0.4, -0.2) is 63.3 Å². The number of benzene rings is 2. The van der Waals surface area contributed by atoms with Gasteiger partial charge in [-0.25, -0.2) is 9.59 Å². The number of urea groups is 1. The third kappa shape index (κ3) is 5.17. The van der Waals surface area contributed by atoms with E-state index >= 15 is 0 Å². The Morgan fingerprint density at radius 1 is 1.06 bits per heavy atom. The first-order valence-electron chi connectivity index (χ1n) is 11.6. The third-order valence-electron chi connectivity index (χ3n) is 6.24. The van der Waals surface area contributed by atoms with Gasteiger partial charge in [0.2, 0.25) is 0 Å². The van der Waals surface area contributed by atoms with Gasteiger partial charge in [-0.2, -0.15) is 0 Å². The normalized spacial score (nSPS) is 18.9. The Labute approximate surface area is 200 Å². The highest BCUT2D eigenvalue weighted by Crippen LogP contribution is 2.30. The van der Waals surface area contributed by atoms with Crippen LogP contribution >= 0.6 is 0 Å². The molecule has 8 heteroatoms. The number of rotatable bonds is 7. The first-order chi connectivity index (χ1) is 16.5. The summed E-state index contributed by atoms with van der Waals surface area (Å²) in [6.45, 7) is 7.72. The van der Waals surface area contributed by atoms with E-state index in [-0.39, 0.29) is 12.6 Å². The predicted molar refractivity (Wildman–Crippen MR) is 131 cm³/mol. The molecule has 0 spiro atoms. The fourth-order valence-corrected chi connectivity index (χ4v) is 4.46. The number of esters is 1. The minimum absolute atomic E-state index is 0.266. The highest BCUT2D eigenvalue weighted by atomic mass is 16.5. The van der Waals surface area contributed by atoms with E-state index in [1.54, 1.807) is 14.0 Å². The fourth-order valence-electron chi connectivity index (χ4n) is 4.46. The first-order valence-corrected chi connectivity index (χ1v) is 11.6. The molecule has 0 bridgehead atoms. The number of nitrogens with zero attached hydrogens (tertiary/aromatic N) is 2. The maximum atomic E-state index is 13.0. The lowest BCUT2D eigenvalue weighted by Gasteiger charge is -2.38. The zero-order valence-electron chi connectivity index (χ0n) is 20.0. The van der Waals surface area contributed by atoms with Crippen molar-refractivity contribution in [3.63, 3.8) is 0 Å². The summed E-state index contributed by atoms with van der Waals surface area (Å²) in [5, 5.41) is 5.78. The van der Waals surface area contributed by atoms with E-state index < -0.39 is 12.0 Å². The first kappa shape index (κ1) is 23.6. The van der Waals surface area contributed by atoms with Gasteiger partial charge in [0.1, 0.15) is 5.75 Å². The van der Waals surface area contributed by atoms with Gasteiger partial charge < -0.3 is 25.0 Å². The summed E-state index contributed by atoms with van der Waals surface area (Å²) < 4.78 is 10.9. The number of amides is 2. The van der Waals surface area contributed by atoms with Gasteiger partial charge >= 0.3 is 12.0 Å². The second-order valence-electron chi connectivity index (χ2n) is 8.49. The van der Waals surface area contributed by atoms with Crippen molar-refractivity contribution in [1.82, 2.24) is 15.5 Å². The van der Waals surface area contributed by atoms with Crippen molar-refractivity contribution in [1.29, 1.82) is 0 Å². The number of nitrogens with one attached hydrogen (secondary N) is 2. The molecule has 0 aromatic heterocycles. The Morgan fingerprint density at radius 2 is 1.76 bits per heavy atom. The van der Waals surface area contributed by atoms with Crippen LogP contribution in [0.3, 0.4) is 0 Å². The van der Waals surface area contributed by atoms with Crippen LogP contribution in [0.25, 0.3) is 0 Å². The van der Waals surface area contributed by atoms with E-state index in [4.69, 9.17) is 9.47 Å². The van der Waals surface area contributed by atoms with Gasteiger partial charge in [0.05, 0.1) is 31.0 Å². The Balaban J connectivity index is 1.55. The van der Waals surface area contributed by atoms with Gasteiger partial charge in [0.15, 0.2) is 0 Å². The molecule has 2 amide bonds. The zero-order chi connectivity index (χ0) is 24.1. The van der Waals surface area contributed by atoms with Crippen molar-refractivity contribution in [3.05, 3.63) is 70.9 Å². The number of methoxy groups -OCH3 is 1. The van der Waals surface area contributed by atoms with Crippen LogP contribution in [0, 0.1) is 6.92 Å². The topological polar surface area (TPSA) is 83.1 Å². The van der Waals surface area contributed by atoms with E-state index in [1.807, 2.05) is 49.4 Å². The average Bonchev–Trinajstić information content (AvgIpc) is 2.84. The molecule has 2 aromatic rings. The maximum absolute atomic E-state index is 13.0. The SMILES string of the molecule is CCOC(=O)C1=C(CN2CCN(c3ccccc3OC)CC2)NC(=O)NC1c1ccc(C)cc1. The number of carbonyl (C=O) groups excluding carboxylic acids is 2. The van der Waals surface area contributed by atoms with Gasteiger partial charge in [-0.3, -0.25) is 4.90 Å². The van der Waals surface area contributed by atoms with Crippen molar-refractivity contribution in [2.24, 2.45) is 0 Å². The van der Waals surface area contributed by atoms with Crippen LogP contribution in [0.5, 0.6) is 5.75 Å². The molecular weight excluding hydrogens is 432 g/mol. The second kappa shape index (κ2) is 10.6. The van der Waals surface area contributed by atoms with Gasteiger partial charge in [-0.15, -0.1) is 0 Å². The molecule has 1 fully saturated rings. The van der Waals surface area contributed by atoms with Crippen molar-refractivity contribution in [3.8, 4) is 5.75 Å². The number of carbonyl (C=O) groups is 2. The molecule has 1 unspecified atom stereocenters. The molecule has 2 aliphatic heterocycles. The summed E-state index contributed by atoms with van der Waals surface area (Å²) in [4.78, 5) is 30.1. The number of hydrogen-bond donors (Lipinski definition) is 2. The summed E-state index contributed by atoms with van der Waals surface area (Å²) in [6.07, 6.45) is 0. The molecule has 2 aliphatic rings. The predicted octanol–water partition coefficient (Wildman–Crippen LogP) is 3.00. The van der Waals surface area contributed by atoms with Crippen LogP contribution in [0.4, 0.5) is 10.5 Å². The van der Waals surface area contributed by atoms with Gasteiger partial charge in [-0.05, 0) is 31.5 Å². The fraction of sp³-hybridized carbons (Fsp3) is 0.385. The van der Waals surface area contributed by atoms with Crippen molar-refractivity contribution in [2.45, 2.75) is 19.9 Å². The van der Waals surface area contributed by atoms with E-state index in [2.05, 4.69) is 26.5 Å². The molecule has 0 aliphatic carbocycles. The summed E-state index contributed by atoms with van der Waals surface area (Å²) in [5.41, 5.74) is 4.09. The summed E-state index contributed by atoms with van der Waals surface area (Å²) >= 11 is 0. The molecule has 1 saturated heterocycles. The maximum Gasteiger partial charge on any atom is 0.338 e. The van der Waals surface area contributed by atoms with Crippen LogP contribution in [0.1, 0.15) is 24.1 Å². The quantitative estimate of drug-likeness (QED) is 0.613. The largest absolute Gasteiger partial charge is 0.495 e. The average molecular weight is 465 g/mol. The Hall–Kier alpha value is -3.52. The monoisotopic (exact) mass is 464 g/mol. The van der Waals surface area contributed by atoms with Crippen molar-refractivity contribution >= 4 is 17.7 Å². The number of aryl methyl sites for hydroxylation is 1. The summed E-state index contributed by atoms with van der Waals surface area (Å²) in [6, 6.07) is 15.0. The molecule has 4 rings (SSSR count). The molecule has 0 saturated carbocycles. The lowest BCUT2D eigenvalue weighted by atomic mass is 9.94. The zero-order valence-corrected chi connectivity index (χ0v) is 20.0. The van der Waals surface area contributed by atoms with Crippen LogP contribution in [0.2, 0.25) is 0 Å². The van der Waals surface area contributed by atoms with Crippen LogP contribution in [-0.2, 0) is 9.53 Å². The highest BCUT2D eigenvalue weighted by Gasteiger charge is 2.34. The molecule has 180 valence electrons. The molecule has 2 aromatic carbocycles. The molecule has 8 nitrogen and oxygen atoms in total. The Kier molecular flexibility index (Phi) is 7.37. The lowest BCUT2D eigenvalue weighted by Crippen LogP contribution is -2.51. The van der Waals surface area contributed by atoms with Crippen molar-refractivity contribution < 1.29 is 19.1 Å². The standard InChI is InChI=1S/C26H32N4O4/c1-4-34-25(31)23-20(27-26(32)28-24(23)19-11-9-18(2)10-12-19)17-29-13-15-30(16-14-29)21-7-5-6-8-22(21)33-3/h5-12,24H,4,13-17H2,1-3H3,(H2,27,28,32). The third-order valence-corrected chi connectivity index (χ3v) is 6.24.